The largest absolute Gasteiger partial charge is 0.494 e. The van der Waals surface area contributed by atoms with Gasteiger partial charge in [-0.3, -0.25) is 4.79 Å². The molecule has 0 radical (unpaired) electrons. The van der Waals surface area contributed by atoms with Crippen LogP contribution >= 0.6 is 0 Å². The summed E-state index contributed by atoms with van der Waals surface area (Å²) in [5.41, 5.74) is 1.26. The number of unbranched alkanes of at least 4 members (excludes halogenated alkanes) is 2. The molecule has 3 heteroatoms. The molecule has 0 aliphatic rings. The lowest BCUT2D eigenvalue weighted by atomic mass is 10.0. The third-order valence-corrected chi connectivity index (χ3v) is 3.94. The van der Waals surface area contributed by atoms with Crippen LogP contribution in [0.4, 0.5) is 0 Å². The Labute approximate surface area is 131 Å². The fraction of sp³-hybridized carbons (Fsp3) is 0.421. The normalized spacial score (nSPS) is 12.3. The molecule has 1 N–H and O–H groups in total. The summed E-state index contributed by atoms with van der Waals surface area (Å²) in [6.07, 6.45) is 3.64. The Bertz CT molecular complexity index is 634. The lowest BCUT2D eigenvalue weighted by Crippen LogP contribution is -2.09. The van der Waals surface area contributed by atoms with E-state index in [1.165, 1.54) is 16.3 Å². The van der Waals surface area contributed by atoms with Gasteiger partial charge in [-0.1, -0.05) is 49.6 Å². The second kappa shape index (κ2) is 7.83. The van der Waals surface area contributed by atoms with Crippen molar-refractivity contribution < 1.29 is 14.6 Å². The lowest BCUT2D eigenvalue weighted by Gasteiger charge is -2.08. The van der Waals surface area contributed by atoms with E-state index in [-0.39, 0.29) is 5.92 Å². The topological polar surface area (TPSA) is 46.5 Å². The van der Waals surface area contributed by atoms with Crippen molar-refractivity contribution in [2.24, 2.45) is 5.92 Å². The molecule has 0 fully saturated rings. The van der Waals surface area contributed by atoms with Crippen molar-refractivity contribution in [1.29, 1.82) is 0 Å². The highest BCUT2D eigenvalue weighted by Gasteiger charge is 2.09. The summed E-state index contributed by atoms with van der Waals surface area (Å²) in [7, 11) is 0. The Morgan fingerprint density at radius 2 is 1.82 bits per heavy atom. The van der Waals surface area contributed by atoms with Gasteiger partial charge in [-0.2, -0.15) is 0 Å². The zero-order valence-corrected chi connectivity index (χ0v) is 13.3. The smallest absolute Gasteiger partial charge is 0.306 e. The molecular formula is C19H24O3. The van der Waals surface area contributed by atoms with E-state index in [0.29, 0.717) is 6.61 Å². The molecule has 2 aromatic rings. The van der Waals surface area contributed by atoms with Gasteiger partial charge in [0.15, 0.2) is 0 Å². The first-order valence-corrected chi connectivity index (χ1v) is 7.92. The third kappa shape index (κ3) is 4.76. The fourth-order valence-electron chi connectivity index (χ4n) is 2.48. The minimum absolute atomic E-state index is 0.245. The Balaban J connectivity index is 1.73. The van der Waals surface area contributed by atoms with Gasteiger partial charge in [0.05, 0.1) is 12.5 Å². The average Bonchev–Trinajstić information content (AvgIpc) is 2.50. The summed E-state index contributed by atoms with van der Waals surface area (Å²) in [4.78, 5) is 10.7. The van der Waals surface area contributed by atoms with Gasteiger partial charge < -0.3 is 9.84 Å². The van der Waals surface area contributed by atoms with Crippen LogP contribution < -0.4 is 4.74 Å². The number of rotatable bonds is 8. The van der Waals surface area contributed by atoms with Crippen LogP contribution in [0.15, 0.2) is 36.4 Å². The molecule has 2 rings (SSSR count). The van der Waals surface area contributed by atoms with E-state index in [2.05, 4.69) is 37.3 Å². The average molecular weight is 300 g/mol. The number of aryl methyl sites for hydroxylation is 1. The zero-order valence-electron chi connectivity index (χ0n) is 13.3. The van der Waals surface area contributed by atoms with Crippen molar-refractivity contribution in [3.8, 4) is 5.75 Å². The number of carbonyl (C=O) groups is 1. The lowest BCUT2D eigenvalue weighted by molar-refractivity contribution is -0.141. The molecule has 0 aliphatic carbocycles. The molecule has 0 bridgehead atoms. The number of hydrogen-bond donors (Lipinski definition) is 1. The highest BCUT2D eigenvalue weighted by molar-refractivity contribution is 5.84. The molecule has 1 unspecified atom stereocenters. The highest BCUT2D eigenvalue weighted by atomic mass is 16.5. The number of ether oxygens (including phenoxy) is 1. The maximum Gasteiger partial charge on any atom is 0.306 e. The molecule has 0 heterocycles. The molecule has 0 aromatic heterocycles. The molecule has 0 aliphatic heterocycles. The van der Waals surface area contributed by atoms with Crippen molar-refractivity contribution >= 4 is 16.7 Å². The summed E-state index contributed by atoms with van der Waals surface area (Å²) in [6.45, 7) is 4.53. The Morgan fingerprint density at radius 3 is 2.59 bits per heavy atom. The first-order chi connectivity index (χ1) is 10.6. The molecule has 2 aromatic carbocycles. The maximum atomic E-state index is 10.7. The second-order valence-electron chi connectivity index (χ2n) is 5.95. The molecule has 0 saturated heterocycles. The van der Waals surface area contributed by atoms with Crippen LogP contribution in [0.3, 0.4) is 0 Å². The van der Waals surface area contributed by atoms with Gasteiger partial charge in [0, 0.05) is 0 Å². The number of aliphatic carboxylic acids is 1. The predicted octanol–water partition coefficient (Wildman–Crippen LogP) is 4.81. The Hall–Kier alpha value is -2.03. The van der Waals surface area contributed by atoms with E-state index in [4.69, 9.17) is 9.84 Å². The van der Waals surface area contributed by atoms with Gasteiger partial charge in [0.25, 0.3) is 0 Å². The van der Waals surface area contributed by atoms with Gasteiger partial charge in [-0.15, -0.1) is 0 Å². The predicted molar refractivity (Wildman–Crippen MR) is 89.4 cm³/mol. The molecule has 22 heavy (non-hydrogen) atoms. The third-order valence-electron chi connectivity index (χ3n) is 3.94. The van der Waals surface area contributed by atoms with Crippen molar-refractivity contribution in [2.75, 3.05) is 6.61 Å². The van der Waals surface area contributed by atoms with Crippen LogP contribution in [0.25, 0.3) is 10.8 Å². The standard InChI is InChI=1S/C19H24O3/c1-14-7-8-17-13-18(10-9-16(17)12-14)22-11-5-3-4-6-15(2)19(20)21/h7-10,12-13,15H,3-6,11H2,1-2H3,(H,20,21). The fourth-order valence-corrected chi connectivity index (χ4v) is 2.48. The molecule has 1 atom stereocenters. The maximum absolute atomic E-state index is 10.7. The number of benzene rings is 2. The monoisotopic (exact) mass is 300 g/mol. The summed E-state index contributed by atoms with van der Waals surface area (Å²) >= 11 is 0. The van der Waals surface area contributed by atoms with Gasteiger partial charge in [0.2, 0.25) is 0 Å². The minimum Gasteiger partial charge on any atom is -0.494 e. The first kappa shape index (κ1) is 16.3. The van der Waals surface area contributed by atoms with E-state index < -0.39 is 5.97 Å². The molecule has 0 spiro atoms. The summed E-state index contributed by atoms with van der Waals surface area (Å²) in [5.74, 6) is -0.0530. The number of hydrogen-bond acceptors (Lipinski definition) is 2. The van der Waals surface area contributed by atoms with Crippen LogP contribution in [0.1, 0.15) is 38.2 Å². The number of carboxylic acids is 1. The summed E-state index contributed by atoms with van der Waals surface area (Å²) in [6, 6.07) is 12.6. The molecule has 0 saturated carbocycles. The van der Waals surface area contributed by atoms with Crippen LogP contribution in [-0.2, 0) is 4.79 Å². The number of fused-ring (bicyclic) bond motifs is 1. The highest BCUT2D eigenvalue weighted by Crippen LogP contribution is 2.22. The Kier molecular flexibility index (Phi) is 5.82. The molecule has 3 nitrogen and oxygen atoms in total. The van der Waals surface area contributed by atoms with Crippen LogP contribution in [0.2, 0.25) is 0 Å². The minimum atomic E-state index is -0.706. The zero-order chi connectivity index (χ0) is 15.9. The first-order valence-electron chi connectivity index (χ1n) is 7.92. The molecular weight excluding hydrogens is 276 g/mol. The van der Waals surface area contributed by atoms with E-state index in [9.17, 15) is 4.79 Å². The van der Waals surface area contributed by atoms with Gasteiger partial charge in [-0.25, -0.2) is 0 Å². The van der Waals surface area contributed by atoms with E-state index in [1.54, 1.807) is 6.92 Å². The van der Waals surface area contributed by atoms with Crippen molar-refractivity contribution in [2.45, 2.75) is 39.5 Å². The van der Waals surface area contributed by atoms with Crippen LogP contribution in [0, 0.1) is 12.8 Å². The molecule has 118 valence electrons. The number of carboxylic acid groups (broad SMARTS) is 1. The van der Waals surface area contributed by atoms with Gasteiger partial charge in [0.1, 0.15) is 5.75 Å². The SMILES string of the molecule is Cc1ccc2cc(OCCCCCC(C)C(=O)O)ccc2c1. The quantitative estimate of drug-likeness (QED) is 0.712. The van der Waals surface area contributed by atoms with Gasteiger partial charge >= 0.3 is 5.97 Å². The van der Waals surface area contributed by atoms with E-state index >= 15 is 0 Å². The second-order valence-corrected chi connectivity index (χ2v) is 5.95. The van der Waals surface area contributed by atoms with Crippen LogP contribution in [0.5, 0.6) is 5.75 Å². The van der Waals surface area contributed by atoms with Gasteiger partial charge in [-0.05, 0) is 42.7 Å². The van der Waals surface area contributed by atoms with E-state index in [1.807, 2.05) is 6.07 Å². The van der Waals surface area contributed by atoms with Crippen LogP contribution in [-0.4, -0.2) is 17.7 Å². The van der Waals surface area contributed by atoms with E-state index in [0.717, 1.165) is 31.4 Å². The summed E-state index contributed by atoms with van der Waals surface area (Å²) in [5, 5.41) is 11.2. The van der Waals surface area contributed by atoms with Crippen molar-refractivity contribution in [3.05, 3.63) is 42.0 Å². The van der Waals surface area contributed by atoms with Crippen molar-refractivity contribution in [3.63, 3.8) is 0 Å². The van der Waals surface area contributed by atoms with Crippen molar-refractivity contribution in [1.82, 2.24) is 0 Å². The summed E-state index contributed by atoms with van der Waals surface area (Å²) < 4.78 is 5.78. The molecule has 0 amide bonds. The Morgan fingerprint density at radius 1 is 1.09 bits per heavy atom.